The predicted molar refractivity (Wildman–Crippen MR) is 93.1 cm³/mol. The fourth-order valence-electron chi connectivity index (χ4n) is 3.56. The average molecular weight is 288 g/mol. The van der Waals surface area contributed by atoms with E-state index >= 15 is 0 Å². The minimum absolute atomic E-state index is 0.592. The van der Waals surface area contributed by atoms with Crippen molar-refractivity contribution in [3.63, 3.8) is 0 Å². The molecule has 21 heavy (non-hydrogen) atoms. The Kier molecular flexibility index (Phi) is 5.32. The summed E-state index contributed by atoms with van der Waals surface area (Å²) in [7, 11) is 0. The maximum absolute atomic E-state index is 3.77. The van der Waals surface area contributed by atoms with E-state index in [1.807, 2.05) is 0 Å². The first-order chi connectivity index (χ1) is 9.88. The second-order valence-electron chi connectivity index (χ2n) is 7.49. The molecule has 0 amide bonds. The Morgan fingerprint density at radius 1 is 1.19 bits per heavy atom. The number of aryl methyl sites for hydroxylation is 2. The standard InChI is InChI=1S/C19H32N2/c1-13(2)9-17-12-21(19(11-20-17)14(3)4)18-8-7-15(5)10-16(18)6/h7-8,10,13-14,17,19-20H,9,11-12H2,1-6H3. The Labute approximate surface area is 130 Å². The average Bonchev–Trinajstić information content (AvgIpc) is 2.37. The molecule has 0 spiro atoms. The van der Waals surface area contributed by atoms with Crippen molar-refractivity contribution >= 4 is 5.69 Å². The molecule has 2 unspecified atom stereocenters. The van der Waals surface area contributed by atoms with Gasteiger partial charge in [-0.3, -0.25) is 0 Å². The Morgan fingerprint density at radius 3 is 2.48 bits per heavy atom. The van der Waals surface area contributed by atoms with Crippen LogP contribution in [0.25, 0.3) is 0 Å². The summed E-state index contributed by atoms with van der Waals surface area (Å²) < 4.78 is 0. The first kappa shape index (κ1) is 16.4. The summed E-state index contributed by atoms with van der Waals surface area (Å²) in [6.45, 7) is 16.0. The minimum atomic E-state index is 0.592. The molecule has 1 saturated heterocycles. The van der Waals surface area contributed by atoms with Crippen molar-refractivity contribution in [3.05, 3.63) is 29.3 Å². The van der Waals surface area contributed by atoms with Crippen LogP contribution in [-0.4, -0.2) is 25.2 Å². The van der Waals surface area contributed by atoms with Gasteiger partial charge in [-0.1, -0.05) is 45.4 Å². The first-order valence-electron chi connectivity index (χ1n) is 8.45. The van der Waals surface area contributed by atoms with Crippen LogP contribution < -0.4 is 10.2 Å². The van der Waals surface area contributed by atoms with E-state index in [4.69, 9.17) is 0 Å². The molecule has 1 N–H and O–H groups in total. The zero-order valence-electron chi connectivity index (χ0n) is 14.6. The molecular weight excluding hydrogens is 256 g/mol. The van der Waals surface area contributed by atoms with Gasteiger partial charge in [0.2, 0.25) is 0 Å². The van der Waals surface area contributed by atoms with E-state index < -0.39 is 0 Å². The molecule has 1 heterocycles. The van der Waals surface area contributed by atoms with E-state index in [0.29, 0.717) is 18.0 Å². The summed E-state index contributed by atoms with van der Waals surface area (Å²) in [4.78, 5) is 2.66. The van der Waals surface area contributed by atoms with E-state index in [9.17, 15) is 0 Å². The molecule has 1 aromatic carbocycles. The summed E-state index contributed by atoms with van der Waals surface area (Å²) >= 11 is 0. The third-order valence-corrected chi connectivity index (χ3v) is 4.62. The SMILES string of the molecule is Cc1ccc(N2CC(CC(C)C)NCC2C(C)C)c(C)c1. The number of nitrogens with zero attached hydrogens (tertiary/aromatic N) is 1. The van der Waals surface area contributed by atoms with E-state index in [0.717, 1.165) is 19.0 Å². The van der Waals surface area contributed by atoms with Gasteiger partial charge in [0.05, 0.1) is 0 Å². The number of nitrogens with one attached hydrogen (secondary N) is 1. The molecule has 2 nitrogen and oxygen atoms in total. The third kappa shape index (κ3) is 4.00. The van der Waals surface area contributed by atoms with Gasteiger partial charge in [0.1, 0.15) is 0 Å². The van der Waals surface area contributed by atoms with Crippen molar-refractivity contribution < 1.29 is 0 Å². The largest absolute Gasteiger partial charge is 0.365 e. The smallest absolute Gasteiger partial charge is 0.0438 e. The molecule has 1 aliphatic rings. The van der Waals surface area contributed by atoms with Crippen LogP contribution in [0.1, 0.15) is 45.2 Å². The third-order valence-electron chi connectivity index (χ3n) is 4.62. The van der Waals surface area contributed by atoms with Gasteiger partial charge in [-0.15, -0.1) is 0 Å². The molecule has 1 fully saturated rings. The second-order valence-corrected chi connectivity index (χ2v) is 7.49. The van der Waals surface area contributed by atoms with Crippen molar-refractivity contribution in [3.8, 4) is 0 Å². The van der Waals surface area contributed by atoms with E-state index in [2.05, 4.69) is 70.0 Å². The summed E-state index contributed by atoms with van der Waals surface area (Å²) in [6.07, 6.45) is 1.26. The lowest BCUT2D eigenvalue weighted by Crippen LogP contribution is -2.59. The molecule has 0 aromatic heterocycles. The Balaban J connectivity index is 2.25. The van der Waals surface area contributed by atoms with Crippen LogP contribution in [0.4, 0.5) is 5.69 Å². The van der Waals surface area contributed by atoms with Gasteiger partial charge in [-0.25, -0.2) is 0 Å². The Bertz CT molecular complexity index is 465. The van der Waals surface area contributed by atoms with Crippen LogP contribution in [0, 0.1) is 25.7 Å². The lowest BCUT2D eigenvalue weighted by molar-refractivity contribution is 0.310. The summed E-state index contributed by atoms with van der Waals surface area (Å²) in [5, 5.41) is 3.77. The Hall–Kier alpha value is -1.02. The number of rotatable bonds is 4. The maximum Gasteiger partial charge on any atom is 0.0438 e. The number of hydrogen-bond donors (Lipinski definition) is 1. The van der Waals surface area contributed by atoms with Gasteiger partial charge in [-0.2, -0.15) is 0 Å². The van der Waals surface area contributed by atoms with Crippen molar-refractivity contribution in [2.24, 2.45) is 11.8 Å². The van der Waals surface area contributed by atoms with E-state index in [1.165, 1.54) is 23.2 Å². The minimum Gasteiger partial charge on any atom is -0.365 e. The highest BCUT2D eigenvalue weighted by atomic mass is 15.2. The first-order valence-corrected chi connectivity index (χ1v) is 8.45. The number of anilines is 1. The molecular formula is C19H32N2. The van der Waals surface area contributed by atoms with E-state index in [1.54, 1.807) is 0 Å². The highest BCUT2D eigenvalue weighted by Crippen LogP contribution is 2.28. The normalized spacial score (nSPS) is 23.1. The molecule has 1 aliphatic heterocycles. The van der Waals surface area contributed by atoms with Crippen molar-refractivity contribution in [1.82, 2.24) is 5.32 Å². The van der Waals surface area contributed by atoms with E-state index in [-0.39, 0.29) is 0 Å². The van der Waals surface area contributed by atoms with Crippen molar-refractivity contribution in [2.45, 2.75) is 60.0 Å². The molecule has 2 atom stereocenters. The van der Waals surface area contributed by atoms with Crippen LogP contribution >= 0.6 is 0 Å². The highest BCUT2D eigenvalue weighted by Gasteiger charge is 2.30. The van der Waals surface area contributed by atoms with Gasteiger partial charge in [0.15, 0.2) is 0 Å². The number of hydrogen-bond acceptors (Lipinski definition) is 2. The molecule has 118 valence electrons. The topological polar surface area (TPSA) is 15.3 Å². The fraction of sp³-hybridized carbons (Fsp3) is 0.684. The lowest BCUT2D eigenvalue weighted by Gasteiger charge is -2.45. The van der Waals surface area contributed by atoms with Crippen LogP contribution in [0.15, 0.2) is 18.2 Å². The predicted octanol–water partition coefficient (Wildman–Crippen LogP) is 4.15. The molecule has 1 aromatic rings. The molecule has 0 saturated carbocycles. The van der Waals surface area contributed by atoms with Gasteiger partial charge >= 0.3 is 0 Å². The molecule has 0 aliphatic carbocycles. The lowest BCUT2D eigenvalue weighted by atomic mass is 9.93. The van der Waals surface area contributed by atoms with Crippen LogP contribution in [-0.2, 0) is 0 Å². The fourth-order valence-corrected chi connectivity index (χ4v) is 3.56. The van der Waals surface area contributed by atoms with Crippen LogP contribution in [0.3, 0.4) is 0 Å². The number of benzene rings is 1. The van der Waals surface area contributed by atoms with Crippen molar-refractivity contribution in [1.29, 1.82) is 0 Å². The van der Waals surface area contributed by atoms with Crippen LogP contribution in [0.2, 0.25) is 0 Å². The van der Waals surface area contributed by atoms with Gasteiger partial charge in [0, 0.05) is 30.9 Å². The molecule has 0 radical (unpaired) electrons. The number of piperazine rings is 1. The van der Waals surface area contributed by atoms with Crippen LogP contribution in [0.5, 0.6) is 0 Å². The van der Waals surface area contributed by atoms with Gasteiger partial charge in [-0.05, 0) is 43.7 Å². The zero-order valence-corrected chi connectivity index (χ0v) is 14.6. The summed E-state index contributed by atoms with van der Waals surface area (Å²) in [5.74, 6) is 1.41. The molecule has 2 heteroatoms. The summed E-state index contributed by atoms with van der Waals surface area (Å²) in [6, 6.07) is 8.08. The Morgan fingerprint density at radius 2 is 1.90 bits per heavy atom. The van der Waals surface area contributed by atoms with Crippen molar-refractivity contribution in [2.75, 3.05) is 18.0 Å². The summed E-state index contributed by atoms with van der Waals surface area (Å²) in [5.41, 5.74) is 4.19. The monoisotopic (exact) mass is 288 g/mol. The second kappa shape index (κ2) is 6.83. The molecule has 0 bridgehead atoms. The zero-order chi connectivity index (χ0) is 15.6. The highest BCUT2D eigenvalue weighted by molar-refractivity contribution is 5.56. The quantitative estimate of drug-likeness (QED) is 0.895. The van der Waals surface area contributed by atoms with Gasteiger partial charge < -0.3 is 10.2 Å². The van der Waals surface area contributed by atoms with Gasteiger partial charge in [0.25, 0.3) is 0 Å². The molecule has 2 rings (SSSR count). The maximum atomic E-state index is 3.77.